The highest BCUT2D eigenvalue weighted by atomic mass is 31.2. The summed E-state index contributed by atoms with van der Waals surface area (Å²) >= 11 is 0. The number of benzene rings is 2. The lowest BCUT2D eigenvalue weighted by Gasteiger charge is -2.41. The zero-order valence-electron chi connectivity index (χ0n) is 18.6. The van der Waals surface area contributed by atoms with E-state index in [9.17, 15) is 4.57 Å². The van der Waals surface area contributed by atoms with Gasteiger partial charge in [0.25, 0.3) is 0 Å². The largest absolute Gasteiger partial charge is 0.540 e. The molecule has 0 unspecified atom stereocenters. The van der Waals surface area contributed by atoms with Crippen molar-refractivity contribution >= 4 is 26.3 Å². The Morgan fingerprint density at radius 3 is 1.70 bits per heavy atom. The van der Waals surface area contributed by atoms with E-state index in [1.807, 2.05) is 12.1 Å². The van der Waals surface area contributed by atoms with Crippen LogP contribution in [0.25, 0.3) is 0 Å². The second kappa shape index (κ2) is 10.9. The fourth-order valence-electron chi connectivity index (χ4n) is 3.52. The molecule has 0 aliphatic carbocycles. The molecule has 6 heteroatoms. The Hall–Kier alpha value is -1.91. The van der Waals surface area contributed by atoms with E-state index in [0.717, 1.165) is 0 Å². The molecule has 0 saturated carbocycles. The lowest BCUT2D eigenvalue weighted by molar-refractivity contribution is 0.229. The minimum atomic E-state index is -3.22. The summed E-state index contributed by atoms with van der Waals surface area (Å²) in [6.45, 7) is 10.9. The number of hydrogen-bond acceptors (Lipinski definition) is 4. The van der Waals surface area contributed by atoms with Crippen molar-refractivity contribution in [2.24, 2.45) is 0 Å². The molecular formula is C24H33O4PSi. The highest BCUT2D eigenvalue weighted by Crippen LogP contribution is 2.49. The standard InChI is InChI=1S/C24H33O4PSi/c1-6-26-29(25,27-7-2)21-15-14-20-28-30(24(3,4)5,22-16-10-8-11-17-22)23-18-12-9-13-19-23/h8-21H,6-7H2,1-5H3. The van der Waals surface area contributed by atoms with Gasteiger partial charge in [-0.3, -0.25) is 4.57 Å². The summed E-state index contributed by atoms with van der Waals surface area (Å²) < 4.78 is 29.8. The van der Waals surface area contributed by atoms with Gasteiger partial charge in [0.05, 0.1) is 19.5 Å². The van der Waals surface area contributed by atoms with Gasteiger partial charge in [0.1, 0.15) is 0 Å². The molecule has 0 amide bonds. The normalized spacial score (nSPS) is 13.2. The summed E-state index contributed by atoms with van der Waals surface area (Å²) in [7, 11) is -5.85. The quantitative estimate of drug-likeness (QED) is 0.199. The molecular weight excluding hydrogens is 411 g/mol. The van der Waals surface area contributed by atoms with Crippen LogP contribution >= 0.6 is 7.60 Å². The molecule has 0 aromatic heterocycles. The third kappa shape index (κ3) is 5.83. The van der Waals surface area contributed by atoms with E-state index in [4.69, 9.17) is 13.5 Å². The Morgan fingerprint density at radius 1 is 0.833 bits per heavy atom. The zero-order chi connectivity index (χ0) is 22.1. The fourth-order valence-corrected chi connectivity index (χ4v) is 9.09. The molecule has 4 nitrogen and oxygen atoms in total. The van der Waals surface area contributed by atoms with Crippen LogP contribution in [0.1, 0.15) is 34.6 Å². The maximum Gasteiger partial charge on any atom is 0.354 e. The van der Waals surface area contributed by atoms with Crippen LogP contribution in [-0.2, 0) is 18.0 Å². The highest BCUT2D eigenvalue weighted by molar-refractivity contribution is 7.57. The van der Waals surface area contributed by atoms with Crippen LogP contribution in [-0.4, -0.2) is 21.5 Å². The minimum Gasteiger partial charge on any atom is -0.540 e. The van der Waals surface area contributed by atoms with E-state index in [1.54, 1.807) is 32.3 Å². The van der Waals surface area contributed by atoms with Gasteiger partial charge in [-0.25, -0.2) is 0 Å². The average Bonchev–Trinajstić information content (AvgIpc) is 2.71. The predicted octanol–water partition coefficient (Wildman–Crippen LogP) is 5.86. The maximum absolute atomic E-state index is 12.6. The minimum absolute atomic E-state index is 0.115. The predicted molar refractivity (Wildman–Crippen MR) is 128 cm³/mol. The van der Waals surface area contributed by atoms with Gasteiger partial charge in [-0.15, -0.1) is 0 Å². The Morgan fingerprint density at radius 2 is 1.30 bits per heavy atom. The number of hydrogen-bond donors (Lipinski definition) is 0. The highest BCUT2D eigenvalue weighted by Gasteiger charge is 2.51. The summed E-state index contributed by atoms with van der Waals surface area (Å²) in [6.07, 6.45) is 5.13. The number of rotatable bonds is 10. The van der Waals surface area contributed by atoms with Gasteiger partial charge in [-0.1, -0.05) is 87.5 Å². The maximum atomic E-state index is 12.6. The molecule has 0 aliphatic heterocycles. The summed E-state index contributed by atoms with van der Waals surface area (Å²) in [5, 5.41) is 2.29. The smallest absolute Gasteiger partial charge is 0.354 e. The van der Waals surface area contributed by atoms with Gasteiger partial charge in [0, 0.05) is 5.82 Å². The molecule has 0 spiro atoms. The van der Waals surface area contributed by atoms with Crippen LogP contribution in [0.15, 0.2) is 84.9 Å². The molecule has 30 heavy (non-hydrogen) atoms. The van der Waals surface area contributed by atoms with E-state index >= 15 is 0 Å². The van der Waals surface area contributed by atoms with E-state index < -0.39 is 15.9 Å². The lowest BCUT2D eigenvalue weighted by atomic mass is 10.2. The van der Waals surface area contributed by atoms with Gasteiger partial charge in [0.15, 0.2) is 0 Å². The first-order valence-electron chi connectivity index (χ1n) is 10.3. The Bertz CT molecular complexity index is 824. The van der Waals surface area contributed by atoms with Crippen molar-refractivity contribution in [3.63, 3.8) is 0 Å². The van der Waals surface area contributed by atoms with Gasteiger partial charge in [-0.2, -0.15) is 0 Å². The Balaban J connectivity index is 2.41. The van der Waals surface area contributed by atoms with Crippen molar-refractivity contribution in [3.8, 4) is 0 Å². The van der Waals surface area contributed by atoms with Crippen molar-refractivity contribution in [3.05, 3.63) is 84.9 Å². The van der Waals surface area contributed by atoms with Crippen molar-refractivity contribution in [1.82, 2.24) is 0 Å². The van der Waals surface area contributed by atoms with E-state index in [1.165, 1.54) is 16.2 Å². The van der Waals surface area contributed by atoms with Gasteiger partial charge in [0.2, 0.25) is 0 Å². The van der Waals surface area contributed by atoms with Crippen LogP contribution in [0, 0.1) is 0 Å². The monoisotopic (exact) mass is 444 g/mol. The molecule has 0 bridgehead atoms. The summed E-state index contributed by atoms with van der Waals surface area (Å²) in [6, 6.07) is 20.8. The summed E-state index contributed by atoms with van der Waals surface area (Å²) in [5.41, 5.74) is 0. The molecule has 2 aromatic rings. The van der Waals surface area contributed by atoms with Crippen molar-refractivity contribution in [1.29, 1.82) is 0 Å². The first-order chi connectivity index (χ1) is 14.3. The molecule has 0 heterocycles. The van der Waals surface area contributed by atoms with Crippen molar-refractivity contribution in [2.75, 3.05) is 13.2 Å². The van der Waals surface area contributed by atoms with Gasteiger partial charge in [-0.05, 0) is 35.3 Å². The molecule has 0 radical (unpaired) electrons. The van der Waals surface area contributed by atoms with Crippen LogP contribution in [0.4, 0.5) is 0 Å². The molecule has 0 atom stereocenters. The first kappa shape index (κ1) is 24.4. The SMILES string of the molecule is CCOP(=O)(C=CC=CO[Si](c1ccccc1)(c1ccccc1)C(C)(C)C)OCC. The first-order valence-corrected chi connectivity index (χ1v) is 13.8. The van der Waals surface area contributed by atoms with Crippen molar-refractivity contribution < 1.29 is 18.0 Å². The Kier molecular flexibility index (Phi) is 8.87. The summed E-state index contributed by atoms with van der Waals surface area (Å²) in [5.74, 6) is 1.48. The molecule has 0 fully saturated rings. The molecule has 0 aliphatic rings. The van der Waals surface area contributed by atoms with Crippen LogP contribution in [0.5, 0.6) is 0 Å². The lowest BCUT2D eigenvalue weighted by Crippen LogP contribution is -2.65. The van der Waals surface area contributed by atoms with Crippen molar-refractivity contribution in [2.45, 2.75) is 39.7 Å². The second-order valence-electron chi connectivity index (χ2n) is 7.83. The number of allylic oxidation sites excluding steroid dienone is 2. The molecule has 2 aromatic carbocycles. The van der Waals surface area contributed by atoms with E-state index in [-0.39, 0.29) is 5.04 Å². The fraction of sp³-hybridized carbons (Fsp3) is 0.333. The summed E-state index contributed by atoms with van der Waals surface area (Å²) in [4.78, 5) is 0. The third-order valence-electron chi connectivity index (χ3n) is 4.74. The Labute approximate surface area is 182 Å². The molecule has 0 saturated heterocycles. The third-order valence-corrected chi connectivity index (χ3v) is 11.4. The molecule has 0 N–H and O–H groups in total. The second-order valence-corrected chi connectivity index (χ2v) is 14.0. The van der Waals surface area contributed by atoms with Crippen LogP contribution in [0.2, 0.25) is 5.04 Å². The molecule has 2 rings (SSSR count). The van der Waals surface area contributed by atoms with Gasteiger partial charge < -0.3 is 13.5 Å². The zero-order valence-corrected chi connectivity index (χ0v) is 20.5. The average molecular weight is 445 g/mol. The van der Waals surface area contributed by atoms with Crippen LogP contribution < -0.4 is 10.4 Å². The van der Waals surface area contributed by atoms with Crippen LogP contribution in [0.3, 0.4) is 0 Å². The molecule has 162 valence electrons. The van der Waals surface area contributed by atoms with E-state index in [2.05, 4.69) is 69.3 Å². The van der Waals surface area contributed by atoms with Gasteiger partial charge >= 0.3 is 15.9 Å². The topological polar surface area (TPSA) is 44.8 Å². The van der Waals surface area contributed by atoms with E-state index in [0.29, 0.717) is 13.2 Å².